The van der Waals surface area contributed by atoms with Crippen molar-refractivity contribution in [2.45, 2.75) is 13.8 Å². The van der Waals surface area contributed by atoms with Crippen LogP contribution in [0, 0.1) is 10.1 Å². The first-order chi connectivity index (χ1) is 9.51. The average molecular weight is 280 g/mol. The number of hydrogen-bond donors (Lipinski definition) is 2. The van der Waals surface area contributed by atoms with Crippen molar-refractivity contribution in [1.29, 1.82) is 0 Å². The number of nitro groups is 1. The Morgan fingerprint density at radius 1 is 1.35 bits per heavy atom. The van der Waals surface area contributed by atoms with Crippen LogP contribution in [0.4, 0.5) is 17.1 Å². The van der Waals surface area contributed by atoms with Gasteiger partial charge < -0.3 is 15.5 Å². The summed E-state index contributed by atoms with van der Waals surface area (Å²) in [4.78, 5) is 23.8. The topological polar surface area (TPSA) is 87.5 Å². The van der Waals surface area contributed by atoms with Crippen molar-refractivity contribution in [3.8, 4) is 0 Å². The summed E-state index contributed by atoms with van der Waals surface area (Å²) in [5, 5.41) is 16.6. The van der Waals surface area contributed by atoms with Gasteiger partial charge in [0, 0.05) is 43.6 Å². The number of nitrogens with zero attached hydrogens (tertiary/aromatic N) is 2. The van der Waals surface area contributed by atoms with Crippen molar-refractivity contribution < 1.29 is 9.72 Å². The van der Waals surface area contributed by atoms with Crippen molar-refractivity contribution >= 4 is 23.0 Å². The highest BCUT2D eigenvalue weighted by Crippen LogP contribution is 2.26. The lowest BCUT2D eigenvalue weighted by atomic mass is 10.2. The molecule has 0 saturated heterocycles. The molecule has 0 fully saturated rings. The van der Waals surface area contributed by atoms with E-state index >= 15 is 0 Å². The number of benzene rings is 1. The van der Waals surface area contributed by atoms with E-state index in [-0.39, 0.29) is 18.1 Å². The minimum Gasteiger partial charge on any atom is -0.385 e. The van der Waals surface area contributed by atoms with Crippen LogP contribution in [0.1, 0.15) is 13.8 Å². The monoisotopic (exact) mass is 280 g/mol. The molecule has 0 aliphatic rings. The summed E-state index contributed by atoms with van der Waals surface area (Å²) in [7, 11) is 1.56. The Kier molecular flexibility index (Phi) is 5.76. The summed E-state index contributed by atoms with van der Waals surface area (Å²) < 4.78 is 0. The molecule has 110 valence electrons. The quantitative estimate of drug-likeness (QED) is 0.585. The Morgan fingerprint density at radius 3 is 2.55 bits per heavy atom. The zero-order valence-electron chi connectivity index (χ0n) is 12.0. The third kappa shape index (κ3) is 4.11. The van der Waals surface area contributed by atoms with Crippen molar-refractivity contribution in [3.63, 3.8) is 0 Å². The number of nitrogens with one attached hydrogen (secondary N) is 2. The van der Waals surface area contributed by atoms with Crippen LogP contribution in [0.5, 0.6) is 0 Å². The highest BCUT2D eigenvalue weighted by atomic mass is 16.6. The molecule has 2 N–H and O–H groups in total. The van der Waals surface area contributed by atoms with Gasteiger partial charge in [-0.25, -0.2) is 0 Å². The van der Waals surface area contributed by atoms with E-state index in [2.05, 4.69) is 10.6 Å². The van der Waals surface area contributed by atoms with Gasteiger partial charge in [-0.15, -0.1) is 0 Å². The van der Waals surface area contributed by atoms with Crippen molar-refractivity contribution in [3.05, 3.63) is 28.3 Å². The van der Waals surface area contributed by atoms with Crippen molar-refractivity contribution in [2.75, 3.05) is 36.9 Å². The number of amides is 1. The van der Waals surface area contributed by atoms with Gasteiger partial charge in [0.05, 0.1) is 11.5 Å². The first-order valence-corrected chi connectivity index (χ1v) is 6.50. The smallest absolute Gasteiger partial charge is 0.273 e. The van der Waals surface area contributed by atoms with E-state index in [0.29, 0.717) is 24.5 Å². The Morgan fingerprint density at radius 2 is 2.05 bits per heavy atom. The van der Waals surface area contributed by atoms with Crippen LogP contribution < -0.4 is 15.5 Å². The molecule has 0 saturated carbocycles. The minimum atomic E-state index is -0.432. The second-order valence-electron chi connectivity index (χ2n) is 4.21. The fourth-order valence-electron chi connectivity index (χ4n) is 1.83. The van der Waals surface area contributed by atoms with E-state index in [1.54, 1.807) is 11.9 Å². The van der Waals surface area contributed by atoms with Crippen LogP contribution in [0.2, 0.25) is 0 Å². The number of likely N-dealkylation sites (N-methyl/N-ethyl adjacent to an activating group) is 2. The Labute approximate surface area is 118 Å². The molecular formula is C13H20N4O3. The molecule has 0 bridgehead atoms. The number of carbonyl (C=O) groups is 1. The lowest BCUT2D eigenvalue weighted by Gasteiger charge is -2.22. The van der Waals surface area contributed by atoms with Crippen LogP contribution in [0.3, 0.4) is 0 Å². The SMILES string of the molecule is CCNc1cc(N(CC)CC(=O)NC)cc([N+](=O)[O-])c1. The standard InChI is InChI=1S/C13H20N4O3/c1-4-15-10-6-11(8-12(7-10)17(19)20)16(5-2)9-13(18)14-3/h6-8,15H,4-5,9H2,1-3H3,(H,14,18). The molecule has 1 aromatic rings. The maximum absolute atomic E-state index is 11.5. The molecule has 0 spiro atoms. The van der Waals surface area contributed by atoms with Crippen LogP contribution in [0.25, 0.3) is 0 Å². The first kappa shape index (κ1) is 15.7. The molecule has 7 heteroatoms. The molecule has 0 radical (unpaired) electrons. The molecule has 0 unspecified atom stereocenters. The van der Waals surface area contributed by atoms with E-state index in [0.717, 1.165) is 0 Å². The van der Waals surface area contributed by atoms with Crippen LogP contribution in [-0.4, -0.2) is 37.5 Å². The molecule has 0 atom stereocenters. The summed E-state index contributed by atoms with van der Waals surface area (Å²) in [5.74, 6) is -0.136. The summed E-state index contributed by atoms with van der Waals surface area (Å²) in [6.07, 6.45) is 0. The third-order valence-electron chi connectivity index (χ3n) is 2.85. The van der Waals surface area contributed by atoms with Gasteiger partial charge in [-0.05, 0) is 19.9 Å². The molecule has 7 nitrogen and oxygen atoms in total. The van der Waals surface area contributed by atoms with Gasteiger partial charge in [0.15, 0.2) is 0 Å². The molecule has 0 aliphatic heterocycles. The molecular weight excluding hydrogens is 260 g/mol. The second-order valence-corrected chi connectivity index (χ2v) is 4.21. The second kappa shape index (κ2) is 7.32. The van der Waals surface area contributed by atoms with Gasteiger partial charge in [0.2, 0.25) is 5.91 Å². The fourth-order valence-corrected chi connectivity index (χ4v) is 1.83. The highest BCUT2D eigenvalue weighted by Gasteiger charge is 2.15. The number of carbonyl (C=O) groups excluding carboxylic acids is 1. The minimum absolute atomic E-state index is 0.00815. The maximum atomic E-state index is 11.5. The first-order valence-electron chi connectivity index (χ1n) is 6.50. The summed E-state index contributed by atoms with van der Waals surface area (Å²) >= 11 is 0. The normalized spacial score (nSPS) is 9.95. The van der Waals surface area contributed by atoms with Crippen molar-refractivity contribution in [2.24, 2.45) is 0 Å². The van der Waals surface area contributed by atoms with Gasteiger partial charge in [-0.2, -0.15) is 0 Å². The maximum Gasteiger partial charge on any atom is 0.273 e. The van der Waals surface area contributed by atoms with Gasteiger partial charge in [-0.1, -0.05) is 0 Å². The van der Waals surface area contributed by atoms with E-state index in [4.69, 9.17) is 0 Å². The fraction of sp³-hybridized carbons (Fsp3) is 0.462. The zero-order chi connectivity index (χ0) is 15.1. The molecule has 20 heavy (non-hydrogen) atoms. The molecule has 0 aromatic heterocycles. The summed E-state index contributed by atoms with van der Waals surface area (Å²) in [6.45, 7) is 5.23. The highest BCUT2D eigenvalue weighted by molar-refractivity contribution is 5.81. The van der Waals surface area contributed by atoms with E-state index < -0.39 is 4.92 Å². The average Bonchev–Trinajstić information content (AvgIpc) is 2.44. The largest absolute Gasteiger partial charge is 0.385 e. The lowest BCUT2D eigenvalue weighted by Crippen LogP contribution is -2.35. The van der Waals surface area contributed by atoms with Crippen LogP contribution in [0.15, 0.2) is 18.2 Å². The van der Waals surface area contributed by atoms with Gasteiger partial charge in [0.25, 0.3) is 5.69 Å². The lowest BCUT2D eigenvalue weighted by molar-refractivity contribution is -0.384. The number of non-ortho nitro benzene ring substituents is 1. The Bertz CT molecular complexity index is 491. The number of nitro benzene ring substituents is 1. The van der Waals surface area contributed by atoms with Crippen molar-refractivity contribution in [1.82, 2.24) is 5.32 Å². The van der Waals surface area contributed by atoms with E-state index in [9.17, 15) is 14.9 Å². The third-order valence-corrected chi connectivity index (χ3v) is 2.85. The van der Waals surface area contributed by atoms with Crippen LogP contribution >= 0.6 is 0 Å². The van der Waals surface area contributed by atoms with Gasteiger partial charge in [-0.3, -0.25) is 14.9 Å². The molecule has 1 aromatic carbocycles. The van der Waals surface area contributed by atoms with E-state index in [1.165, 1.54) is 12.1 Å². The number of hydrogen-bond acceptors (Lipinski definition) is 5. The van der Waals surface area contributed by atoms with Crippen LogP contribution in [-0.2, 0) is 4.79 Å². The summed E-state index contributed by atoms with van der Waals surface area (Å²) in [6, 6.07) is 4.77. The number of rotatable bonds is 7. The molecule has 0 heterocycles. The molecule has 1 amide bonds. The number of anilines is 2. The summed E-state index contributed by atoms with van der Waals surface area (Å²) in [5.41, 5.74) is 1.34. The predicted octanol–water partition coefficient (Wildman–Crippen LogP) is 1.60. The molecule has 1 rings (SSSR count). The molecule has 0 aliphatic carbocycles. The zero-order valence-corrected chi connectivity index (χ0v) is 12.0. The predicted molar refractivity (Wildman–Crippen MR) is 79.2 cm³/mol. The Balaban J connectivity index is 3.12. The van der Waals surface area contributed by atoms with E-state index in [1.807, 2.05) is 19.9 Å². The van der Waals surface area contributed by atoms with Gasteiger partial charge >= 0.3 is 0 Å². The van der Waals surface area contributed by atoms with Gasteiger partial charge in [0.1, 0.15) is 0 Å². The Hall–Kier alpha value is -2.31.